The fraction of sp³-hybridized carbons (Fsp3) is 0.609. The van der Waals surface area contributed by atoms with E-state index < -0.39 is 8.32 Å². The fourth-order valence-corrected chi connectivity index (χ4v) is 5.32. The Hall–Kier alpha value is -1.47. The van der Waals surface area contributed by atoms with Crippen molar-refractivity contribution in [3.8, 4) is 0 Å². The second kappa shape index (κ2) is 8.72. The molecule has 0 bridgehead atoms. The van der Waals surface area contributed by atoms with Gasteiger partial charge >= 0.3 is 0 Å². The van der Waals surface area contributed by atoms with Gasteiger partial charge in [0.05, 0.1) is 18.9 Å². The zero-order chi connectivity index (χ0) is 21.2. The highest BCUT2D eigenvalue weighted by Gasteiger charge is 2.42. The van der Waals surface area contributed by atoms with E-state index in [0.29, 0.717) is 6.04 Å². The molecule has 0 amide bonds. The molecule has 1 N–H and O–H groups in total. The molecule has 5 nitrogen and oxygen atoms in total. The second-order valence-corrected chi connectivity index (χ2v) is 14.7. The van der Waals surface area contributed by atoms with Gasteiger partial charge in [0.2, 0.25) is 0 Å². The van der Waals surface area contributed by atoms with E-state index in [9.17, 15) is 5.11 Å². The molecule has 2 atom stereocenters. The molecule has 1 aliphatic heterocycles. The summed E-state index contributed by atoms with van der Waals surface area (Å²) in [6.45, 7) is 13.5. The van der Waals surface area contributed by atoms with Gasteiger partial charge in [0.25, 0.3) is 0 Å². The minimum absolute atomic E-state index is 0.0402. The van der Waals surface area contributed by atoms with E-state index in [2.05, 4.69) is 74.2 Å². The molecule has 1 saturated heterocycles. The SMILES string of the molecule is Cn1ncc(CO)c1CC1CC(O[Si](C)(C)C(C)(C)C)CN1Cc1ccccc1. The molecule has 29 heavy (non-hydrogen) atoms. The van der Waals surface area contributed by atoms with Gasteiger partial charge < -0.3 is 9.53 Å². The molecule has 2 unspecified atom stereocenters. The van der Waals surface area contributed by atoms with E-state index in [-0.39, 0.29) is 17.7 Å². The van der Waals surface area contributed by atoms with Crippen LogP contribution in [0.5, 0.6) is 0 Å². The lowest BCUT2D eigenvalue weighted by Crippen LogP contribution is -2.44. The van der Waals surface area contributed by atoms with Crippen LogP contribution in [-0.2, 0) is 31.0 Å². The van der Waals surface area contributed by atoms with Crippen molar-refractivity contribution in [1.29, 1.82) is 0 Å². The maximum absolute atomic E-state index is 9.72. The van der Waals surface area contributed by atoms with Gasteiger partial charge in [-0.3, -0.25) is 9.58 Å². The molecule has 3 rings (SSSR count). The third-order valence-electron chi connectivity index (χ3n) is 6.73. The monoisotopic (exact) mass is 415 g/mol. The summed E-state index contributed by atoms with van der Waals surface area (Å²) in [5.74, 6) is 0. The standard InChI is InChI=1S/C23H37N3O2Si/c1-23(2,3)29(5,6)28-21-12-20(13-22-19(17-27)14-24-25(22)4)26(16-21)15-18-10-8-7-9-11-18/h7-11,14,20-21,27H,12-13,15-17H2,1-6H3. The number of aryl methyl sites for hydroxylation is 1. The van der Waals surface area contributed by atoms with Gasteiger partial charge in [0, 0.05) is 43.9 Å². The van der Waals surface area contributed by atoms with Crippen LogP contribution in [0.25, 0.3) is 0 Å². The van der Waals surface area contributed by atoms with Crippen molar-refractivity contribution < 1.29 is 9.53 Å². The van der Waals surface area contributed by atoms with Gasteiger partial charge in [-0.2, -0.15) is 5.10 Å². The Labute approximate surface area is 176 Å². The summed E-state index contributed by atoms with van der Waals surface area (Å²) in [7, 11) is 0.154. The average molecular weight is 416 g/mol. The van der Waals surface area contributed by atoms with E-state index in [0.717, 1.165) is 37.2 Å². The van der Waals surface area contributed by atoms with Crippen LogP contribution in [-0.4, -0.2) is 46.8 Å². The fourth-order valence-electron chi connectivity index (χ4n) is 3.97. The molecule has 1 aromatic carbocycles. The summed E-state index contributed by atoms with van der Waals surface area (Å²) in [6.07, 6.45) is 3.96. The number of hydrogen-bond acceptors (Lipinski definition) is 4. The first kappa shape index (κ1) is 22.2. The first-order valence-corrected chi connectivity index (χ1v) is 13.6. The highest BCUT2D eigenvalue weighted by atomic mass is 28.4. The van der Waals surface area contributed by atoms with Crippen LogP contribution >= 0.6 is 0 Å². The van der Waals surface area contributed by atoms with Crippen molar-refractivity contribution in [3.05, 3.63) is 53.3 Å². The first-order valence-electron chi connectivity index (χ1n) is 10.7. The van der Waals surface area contributed by atoms with E-state index in [1.807, 2.05) is 11.7 Å². The predicted octanol–water partition coefficient (Wildman–Crippen LogP) is 4.12. The number of aliphatic hydroxyl groups is 1. The minimum Gasteiger partial charge on any atom is -0.413 e. The lowest BCUT2D eigenvalue weighted by molar-refractivity contribution is 0.177. The lowest BCUT2D eigenvalue weighted by Gasteiger charge is -2.38. The van der Waals surface area contributed by atoms with Gasteiger partial charge in [-0.15, -0.1) is 0 Å². The molecule has 160 valence electrons. The number of hydrogen-bond donors (Lipinski definition) is 1. The van der Waals surface area contributed by atoms with Crippen LogP contribution in [0, 0.1) is 0 Å². The van der Waals surface area contributed by atoms with E-state index >= 15 is 0 Å². The van der Waals surface area contributed by atoms with E-state index in [1.54, 1.807) is 6.20 Å². The third-order valence-corrected chi connectivity index (χ3v) is 11.3. The number of likely N-dealkylation sites (tertiary alicyclic amines) is 1. The maximum atomic E-state index is 9.72. The van der Waals surface area contributed by atoms with Crippen molar-refractivity contribution in [2.24, 2.45) is 7.05 Å². The van der Waals surface area contributed by atoms with Gasteiger partial charge in [-0.1, -0.05) is 51.1 Å². The molecule has 1 fully saturated rings. The van der Waals surface area contributed by atoms with Gasteiger partial charge in [0.1, 0.15) is 0 Å². The molecule has 0 aliphatic carbocycles. The van der Waals surface area contributed by atoms with Crippen molar-refractivity contribution >= 4 is 8.32 Å². The summed E-state index contributed by atoms with van der Waals surface area (Å²) >= 11 is 0. The summed E-state index contributed by atoms with van der Waals surface area (Å²) in [6, 6.07) is 11.1. The molecule has 2 heterocycles. The number of nitrogens with zero attached hydrogens (tertiary/aromatic N) is 3. The third kappa shape index (κ3) is 5.18. The van der Waals surface area contributed by atoms with E-state index in [4.69, 9.17) is 4.43 Å². The highest BCUT2D eigenvalue weighted by Crippen LogP contribution is 2.39. The zero-order valence-electron chi connectivity index (χ0n) is 18.9. The van der Waals surface area contributed by atoms with Crippen molar-refractivity contribution in [1.82, 2.24) is 14.7 Å². The van der Waals surface area contributed by atoms with Gasteiger partial charge in [-0.25, -0.2) is 0 Å². The summed E-state index contributed by atoms with van der Waals surface area (Å²) in [4.78, 5) is 2.56. The number of aliphatic hydroxyl groups excluding tert-OH is 1. The van der Waals surface area contributed by atoms with Crippen LogP contribution in [0.1, 0.15) is 44.0 Å². The molecule has 0 spiro atoms. The van der Waals surface area contributed by atoms with Crippen LogP contribution < -0.4 is 0 Å². The molecular weight excluding hydrogens is 378 g/mol. The van der Waals surface area contributed by atoms with Crippen molar-refractivity contribution in [3.63, 3.8) is 0 Å². The Morgan fingerprint density at radius 1 is 1.21 bits per heavy atom. The smallest absolute Gasteiger partial charge is 0.192 e. The molecule has 2 aromatic rings. The highest BCUT2D eigenvalue weighted by molar-refractivity contribution is 6.74. The summed E-state index contributed by atoms with van der Waals surface area (Å²) in [5, 5.41) is 14.3. The molecule has 0 radical (unpaired) electrons. The molecule has 1 aromatic heterocycles. The largest absolute Gasteiger partial charge is 0.413 e. The first-order chi connectivity index (χ1) is 13.6. The summed E-state index contributed by atoms with van der Waals surface area (Å²) < 4.78 is 8.70. The lowest BCUT2D eigenvalue weighted by atomic mass is 10.0. The van der Waals surface area contributed by atoms with E-state index in [1.165, 1.54) is 5.56 Å². The average Bonchev–Trinajstić information content (AvgIpc) is 3.18. The molecule has 0 saturated carbocycles. The minimum atomic E-state index is -1.81. The van der Waals surface area contributed by atoms with Crippen LogP contribution in [0.4, 0.5) is 0 Å². The van der Waals surface area contributed by atoms with Crippen molar-refractivity contribution in [2.75, 3.05) is 6.54 Å². The van der Waals surface area contributed by atoms with Gasteiger partial charge in [-0.05, 0) is 30.1 Å². The molecule has 6 heteroatoms. The second-order valence-electron chi connectivity index (χ2n) is 9.91. The zero-order valence-corrected chi connectivity index (χ0v) is 19.9. The number of aromatic nitrogens is 2. The Bertz CT molecular complexity index is 798. The Morgan fingerprint density at radius 2 is 1.90 bits per heavy atom. The number of benzene rings is 1. The molecular formula is C23H37N3O2Si. The predicted molar refractivity (Wildman–Crippen MR) is 120 cm³/mol. The summed E-state index contributed by atoms with van der Waals surface area (Å²) in [5.41, 5.74) is 3.39. The quantitative estimate of drug-likeness (QED) is 0.691. The normalized spacial score (nSPS) is 21.1. The van der Waals surface area contributed by atoms with Gasteiger partial charge in [0.15, 0.2) is 8.32 Å². The van der Waals surface area contributed by atoms with Crippen LogP contribution in [0.2, 0.25) is 18.1 Å². The van der Waals surface area contributed by atoms with Crippen LogP contribution in [0.15, 0.2) is 36.5 Å². The Balaban J connectivity index is 1.79. The van der Waals surface area contributed by atoms with Crippen LogP contribution in [0.3, 0.4) is 0 Å². The Kier molecular flexibility index (Phi) is 6.68. The molecule has 1 aliphatic rings. The van der Waals surface area contributed by atoms with Crippen molar-refractivity contribution in [2.45, 2.75) is 77.0 Å². The topological polar surface area (TPSA) is 50.5 Å². The maximum Gasteiger partial charge on any atom is 0.192 e. The number of rotatable bonds is 7. The Morgan fingerprint density at radius 3 is 2.52 bits per heavy atom.